The van der Waals surface area contributed by atoms with Crippen LogP contribution in [-0.4, -0.2) is 82.8 Å². The van der Waals surface area contributed by atoms with Crippen LogP contribution < -0.4 is 9.80 Å². The van der Waals surface area contributed by atoms with Crippen LogP contribution in [0.4, 0.5) is 11.8 Å². The third kappa shape index (κ3) is 3.72. The average Bonchev–Trinajstić information content (AvgIpc) is 3.22. The number of rotatable bonds is 3. The van der Waals surface area contributed by atoms with E-state index in [2.05, 4.69) is 24.5 Å². The Balaban J connectivity index is 1.51. The van der Waals surface area contributed by atoms with Crippen molar-refractivity contribution in [2.45, 2.75) is 18.4 Å². The fourth-order valence-electron chi connectivity index (χ4n) is 3.71. The van der Waals surface area contributed by atoms with E-state index < -0.39 is 0 Å². The molecule has 2 fully saturated rings. The molecule has 0 bridgehead atoms. The summed E-state index contributed by atoms with van der Waals surface area (Å²) in [5, 5.41) is 5.61. The zero-order chi connectivity index (χ0) is 18.9. The molecule has 2 saturated heterocycles. The van der Waals surface area contributed by atoms with Gasteiger partial charge in [0, 0.05) is 38.8 Å². The van der Waals surface area contributed by atoms with Crippen molar-refractivity contribution in [2.24, 2.45) is 0 Å². The summed E-state index contributed by atoms with van der Waals surface area (Å²) in [5.41, 5.74) is 0.0369. The van der Waals surface area contributed by atoms with Crippen molar-refractivity contribution < 1.29 is 9.53 Å². The summed E-state index contributed by atoms with van der Waals surface area (Å²) in [6.07, 6.45) is 3.70. The number of carbonyl (C=O) groups excluding carboxylic acids is 1. The zero-order valence-electron chi connectivity index (χ0n) is 15.5. The molecule has 0 N–H and O–H groups in total. The number of morpholine rings is 1. The van der Waals surface area contributed by atoms with Gasteiger partial charge in [0.25, 0.3) is 5.91 Å². The number of nitrogens with zero attached hydrogens (tertiary/aromatic N) is 7. The predicted octanol–water partition coefficient (Wildman–Crippen LogP) is 0.906. The van der Waals surface area contributed by atoms with Crippen molar-refractivity contribution in [3.8, 4) is 0 Å². The van der Waals surface area contributed by atoms with E-state index in [1.54, 1.807) is 11.6 Å². The molecule has 1 unspecified atom stereocenters. The molecule has 0 aromatic carbocycles. The third-order valence-electron chi connectivity index (χ3n) is 5.01. The highest BCUT2D eigenvalue weighted by atomic mass is 32.1. The van der Waals surface area contributed by atoms with Gasteiger partial charge in [-0.25, -0.2) is 4.98 Å². The molecule has 0 saturated carbocycles. The summed E-state index contributed by atoms with van der Waals surface area (Å²) >= 11 is 1.19. The predicted molar refractivity (Wildman–Crippen MR) is 102 cm³/mol. The first-order chi connectivity index (χ1) is 13.1. The quantitative estimate of drug-likeness (QED) is 0.765. The van der Waals surface area contributed by atoms with E-state index in [0.29, 0.717) is 37.9 Å². The topological polar surface area (TPSA) is 87.6 Å². The number of ether oxygens (including phenoxy) is 1. The summed E-state index contributed by atoms with van der Waals surface area (Å²) in [6, 6.07) is 1.93. The first-order valence-electron chi connectivity index (χ1n) is 9.02. The Hall–Kier alpha value is -2.33. The van der Waals surface area contributed by atoms with Crippen molar-refractivity contribution in [2.75, 3.05) is 56.7 Å². The number of carbonyl (C=O) groups is 1. The van der Waals surface area contributed by atoms with Gasteiger partial charge < -0.3 is 19.4 Å². The molecule has 27 heavy (non-hydrogen) atoms. The van der Waals surface area contributed by atoms with E-state index in [4.69, 9.17) is 4.74 Å². The molecule has 0 aliphatic carbocycles. The van der Waals surface area contributed by atoms with Crippen LogP contribution in [0.5, 0.6) is 0 Å². The highest BCUT2D eigenvalue weighted by molar-refractivity contribution is 7.03. The number of amides is 1. The normalized spacial score (nSPS) is 22.9. The molecule has 1 atom stereocenters. The number of hydrogen-bond acceptors (Lipinski definition) is 9. The van der Waals surface area contributed by atoms with Gasteiger partial charge in [-0.2, -0.15) is 4.98 Å². The standard InChI is InChI=1S/C17H23N7O2S/c1-22(2)16-18-6-4-14(19-16)23-7-3-5-17(11-23)12-24(8-9-26-17)15(25)13-10-27-21-20-13/h4,6,10H,3,5,7-9,11-12H2,1-2H3. The maximum absolute atomic E-state index is 12.7. The van der Waals surface area contributed by atoms with Gasteiger partial charge in [-0.15, -0.1) is 5.10 Å². The number of hydrogen-bond donors (Lipinski definition) is 0. The van der Waals surface area contributed by atoms with E-state index in [9.17, 15) is 4.79 Å². The molecule has 2 aliphatic rings. The van der Waals surface area contributed by atoms with Crippen LogP contribution in [-0.2, 0) is 4.74 Å². The van der Waals surface area contributed by atoms with Crippen molar-refractivity contribution in [3.63, 3.8) is 0 Å². The average molecular weight is 389 g/mol. The Morgan fingerprint density at radius 1 is 1.33 bits per heavy atom. The molecule has 9 nitrogen and oxygen atoms in total. The lowest BCUT2D eigenvalue weighted by molar-refractivity contribution is -0.105. The molecule has 4 rings (SSSR count). The van der Waals surface area contributed by atoms with Gasteiger partial charge in [-0.1, -0.05) is 4.49 Å². The van der Waals surface area contributed by atoms with E-state index >= 15 is 0 Å². The second-order valence-electron chi connectivity index (χ2n) is 7.18. The van der Waals surface area contributed by atoms with Gasteiger partial charge >= 0.3 is 0 Å². The smallest absolute Gasteiger partial charge is 0.275 e. The lowest BCUT2D eigenvalue weighted by Gasteiger charge is -2.48. The molecule has 10 heteroatoms. The first-order valence-corrected chi connectivity index (χ1v) is 9.86. The van der Waals surface area contributed by atoms with Gasteiger partial charge in [-0.05, 0) is 30.4 Å². The SMILES string of the molecule is CN(C)c1nccc(N2CCCC3(CN(C(=O)c4csnn4)CCO3)C2)n1. The Morgan fingerprint density at radius 2 is 2.22 bits per heavy atom. The molecule has 2 aliphatic heterocycles. The monoisotopic (exact) mass is 389 g/mol. The minimum atomic E-state index is -0.376. The molecule has 1 amide bonds. The summed E-state index contributed by atoms with van der Waals surface area (Å²) in [4.78, 5) is 27.6. The van der Waals surface area contributed by atoms with E-state index in [1.165, 1.54) is 11.5 Å². The van der Waals surface area contributed by atoms with Crippen molar-refractivity contribution in [1.82, 2.24) is 24.5 Å². The summed E-state index contributed by atoms with van der Waals surface area (Å²) in [7, 11) is 3.86. The fourth-order valence-corrected chi connectivity index (χ4v) is 4.14. The van der Waals surface area contributed by atoms with Crippen LogP contribution in [0.25, 0.3) is 0 Å². The van der Waals surface area contributed by atoms with E-state index in [0.717, 1.165) is 25.2 Å². The summed E-state index contributed by atoms with van der Waals surface area (Å²) < 4.78 is 10.0. The Labute approximate surface area is 162 Å². The number of aromatic nitrogens is 4. The zero-order valence-corrected chi connectivity index (χ0v) is 16.4. The molecule has 2 aromatic rings. The first kappa shape index (κ1) is 18.1. The van der Waals surface area contributed by atoms with Gasteiger partial charge in [0.1, 0.15) is 11.4 Å². The molecule has 2 aromatic heterocycles. The van der Waals surface area contributed by atoms with Gasteiger partial charge in [0.2, 0.25) is 5.95 Å². The Kier molecular flexibility index (Phi) is 4.92. The number of piperidine rings is 1. The van der Waals surface area contributed by atoms with Gasteiger partial charge in [0.05, 0.1) is 19.7 Å². The van der Waals surface area contributed by atoms with Gasteiger partial charge in [0.15, 0.2) is 5.69 Å². The highest BCUT2D eigenvalue weighted by Crippen LogP contribution is 2.31. The Morgan fingerprint density at radius 3 is 3.00 bits per heavy atom. The number of anilines is 2. The molecule has 0 radical (unpaired) electrons. The van der Waals surface area contributed by atoms with Crippen LogP contribution >= 0.6 is 11.5 Å². The molecule has 4 heterocycles. The van der Waals surface area contributed by atoms with E-state index in [-0.39, 0.29) is 11.5 Å². The largest absolute Gasteiger partial charge is 0.369 e. The summed E-state index contributed by atoms with van der Waals surface area (Å²) in [6.45, 7) is 3.29. The molecular formula is C17H23N7O2S. The minimum Gasteiger partial charge on any atom is -0.369 e. The van der Waals surface area contributed by atoms with Gasteiger partial charge in [-0.3, -0.25) is 4.79 Å². The van der Waals surface area contributed by atoms with Crippen LogP contribution in [0.3, 0.4) is 0 Å². The second kappa shape index (κ2) is 7.35. The van der Waals surface area contributed by atoms with Crippen molar-refractivity contribution in [3.05, 3.63) is 23.3 Å². The lowest BCUT2D eigenvalue weighted by Crippen LogP contribution is -2.61. The minimum absolute atomic E-state index is 0.0690. The molecule has 144 valence electrons. The third-order valence-corrected chi connectivity index (χ3v) is 5.51. The molecular weight excluding hydrogens is 366 g/mol. The summed E-state index contributed by atoms with van der Waals surface area (Å²) in [5.74, 6) is 1.51. The fraction of sp³-hybridized carbons (Fsp3) is 0.588. The van der Waals surface area contributed by atoms with E-state index in [1.807, 2.05) is 30.0 Å². The van der Waals surface area contributed by atoms with Crippen LogP contribution in [0.1, 0.15) is 23.3 Å². The molecule has 1 spiro atoms. The van der Waals surface area contributed by atoms with Crippen molar-refractivity contribution >= 4 is 29.2 Å². The Bertz CT molecular complexity index is 796. The maximum atomic E-state index is 12.7. The second-order valence-corrected chi connectivity index (χ2v) is 7.79. The lowest BCUT2D eigenvalue weighted by atomic mass is 9.90. The highest BCUT2D eigenvalue weighted by Gasteiger charge is 2.42. The van der Waals surface area contributed by atoms with Crippen molar-refractivity contribution in [1.29, 1.82) is 0 Å². The van der Waals surface area contributed by atoms with Crippen LogP contribution in [0.2, 0.25) is 0 Å². The maximum Gasteiger partial charge on any atom is 0.275 e. The van der Waals surface area contributed by atoms with Crippen LogP contribution in [0.15, 0.2) is 17.6 Å². The van der Waals surface area contributed by atoms with Crippen LogP contribution in [0, 0.1) is 0 Å².